The zero-order valence-electron chi connectivity index (χ0n) is 10.2. The fraction of sp³-hybridized carbons (Fsp3) is 0.167. The van der Waals surface area contributed by atoms with Gasteiger partial charge < -0.3 is 0 Å². The Morgan fingerprint density at radius 2 is 1.80 bits per heavy atom. The van der Waals surface area contributed by atoms with E-state index in [0.717, 1.165) is 0 Å². The summed E-state index contributed by atoms with van der Waals surface area (Å²) in [7, 11) is -7.52. The highest BCUT2D eigenvalue weighted by molar-refractivity contribution is 7.96. The Kier molecular flexibility index (Phi) is 2.87. The molecule has 0 saturated heterocycles. The molecule has 0 bridgehead atoms. The summed E-state index contributed by atoms with van der Waals surface area (Å²) in [5.41, 5.74) is 0.221. The van der Waals surface area contributed by atoms with Crippen LogP contribution in [0.4, 0.5) is 0 Å². The van der Waals surface area contributed by atoms with Crippen LogP contribution < -0.4 is 0 Å². The smallest absolute Gasteiger partial charge is 0.203 e. The minimum Gasteiger partial charge on any atom is -0.245 e. The number of rotatable bonds is 2. The highest BCUT2D eigenvalue weighted by Gasteiger charge is 2.44. The van der Waals surface area contributed by atoms with Gasteiger partial charge in [-0.05, 0) is 18.2 Å². The average molecular weight is 310 g/mol. The second kappa shape index (κ2) is 4.35. The topological polar surface area (TPSA) is 94.1 Å². The third-order valence-electron chi connectivity index (χ3n) is 3.12. The number of sulfone groups is 2. The fourth-order valence-electron chi connectivity index (χ4n) is 2.19. The summed E-state index contributed by atoms with van der Waals surface area (Å²) in [5.74, 6) is -0.488. The lowest BCUT2D eigenvalue weighted by atomic mass is 10.2. The van der Waals surface area contributed by atoms with E-state index in [0.29, 0.717) is 0 Å². The van der Waals surface area contributed by atoms with Crippen LogP contribution in [0, 0.1) is 0 Å². The molecule has 0 aliphatic carbocycles. The van der Waals surface area contributed by atoms with E-state index in [4.69, 9.17) is 0 Å². The lowest BCUT2D eigenvalue weighted by molar-refractivity contribution is 0.579. The van der Waals surface area contributed by atoms with Crippen LogP contribution in [-0.2, 0) is 19.7 Å². The fourth-order valence-corrected chi connectivity index (χ4v) is 6.34. The van der Waals surface area contributed by atoms with E-state index in [1.165, 1.54) is 30.6 Å². The molecule has 0 radical (unpaired) electrons. The maximum absolute atomic E-state index is 12.5. The summed E-state index contributed by atoms with van der Waals surface area (Å²) < 4.78 is 49.0. The molecule has 0 saturated carbocycles. The highest BCUT2D eigenvalue weighted by atomic mass is 32.2. The summed E-state index contributed by atoms with van der Waals surface area (Å²) in [6, 6.07) is 7.52. The third-order valence-corrected chi connectivity index (χ3v) is 7.02. The van der Waals surface area contributed by atoms with E-state index < -0.39 is 30.7 Å². The molecule has 1 atom stereocenters. The molecule has 3 heterocycles. The number of aromatic nitrogens is 2. The van der Waals surface area contributed by atoms with Crippen molar-refractivity contribution in [2.75, 3.05) is 5.75 Å². The maximum atomic E-state index is 12.5. The maximum Gasteiger partial charge on any atom is 0.203 e. The van der Waals surface area contributed by atoms with Gasteiger partial charge >= 0.3 is 0 Å². The summed E-state index contributed by atoms with van der Waals surface area (Å²) in [6.45, 7) is 0. The Morgan fingerprint density at radius 1 is 1.05 bits per heavy atom. The van der Waals surface area contributed by atoms with Crippen molar-refractivity contribution in [1.82, 2.24) is 9.97 Å². The molecule has 0 amide bonds. The van der Waals surface area contributed by atoms with Crippen molar-refractivity contribution < 1.29 is 16.8 Å². The third kappa shape index (κ3) is 1.92. The minimum absolute atomic E-state index is 0.128. The van der Waals surface area contributed by atoms with E-state index in [2.05, 4.69) is 9.97 Å². The van der Waals surface area contributed by atoms with Crippen molar-refractivity contribution in [3.05, 3.63) is 48.3 Å². The Bertz CT molecular complexity index is 861. The van der Waals surface area contributed by atoms with Crippen LogP contribution in [0.5, 0.6) is 0 Å². The molecule has 1 aliphatic heterocycles. The molecule has 0 spiro atoms. The monoisotopic (exact) mass is 310 g/mol. The van der Waals surface area contributed by atoms with Crippen molar-refractivity contribution in [3.63, 3.8) is 0 Å². The van der Waals surface area contributed by atoms with Gasteiger partial charge in [0.2, 0.25) is 9.84 Å². The van der Waals surface area contributed by atoms with Crippen LogP contribution in [0.2, 0.25) is 0 Å². The van der Waals surface area contributed by atoms with Crippen molar-refractivity contribution in [3.8, 4) is 0 Å². The summed E-state index contributed by atoms with van der Waals surface area (Å²) in [5, 5.41) is -1.42. The number of nitrogens with zero attached hydrogens (tertiary/aromatic N) is 2. The van der Waals surface area contributed by atoms with Crippen molar-refractivity contribution in [2.24, 2.45) is 0 Å². The summed E-state index contributed by atoms with van der Waals surface area (Å²) in [6.07, 6.45) is 2.70. The first kappa shape index (κ1) is 13.2. The molecule has 0 N–H and O–H groups in total. The van der Waals surface area contributed by atoms with Gasteiger partial charge in [-0.15, -0.1) is 0 Å². The average Bonchev–Trinajstić information content (AvgIpc) is 2.73. The molecule has 6 nitrogen and oxygen atoms in total. The molecule has 20 heavy (non-hydrogen) atoms. The lowest BCUT2D eigenvalue weighted by Gasteiger charge is -2.10. The number of hydrogen-bond donors (Lipinski definition) is 0. The predicted molar refractivity (Wildman–Crippen MR) is 70.5 cm³/mol. The summed E-state index contributed by atoms with van der Waals surface area (Å²) in [4.78, 5) is 7.61. The molecular weight excluding hydrogens is 300 g/mol. The van der Waals surface area contributed by atoms with Crippen molar-refractivity contribution in [1.29, 1.82) is 0 Å². The van der Waals surface area contributed by atoms with Crippen LogP contribution in [0.3, 0.4) is 0 Å². The standard InChI is InChI=1S/C12H10N2O4S2/c15-19(16)8-10(9-4-3-7-14-12(9)19)20(17,18)11-5-1-2-6-13-11/h1-7,10H,8H2. The second-order valence-electron chi connectivity index (χ2n) is 4.38. The molecule has 0 fully saturated rings. The molecule has 2 aromatic heterocycles. The Labute approximate surface area is 116 Å². The first-order valence-corrected chi connectivity index (χ1v) is 8.95. The number of pyridine rings is 2. The van der Waals surface area contributed by atoms with Gasteiger partial charge in [0.15, 0.2) is 19.9 Å². The minimum atomic E-state index is -3.85. The van der Waals surface area contributed by atoms with E-state index in [1.54, 1.807) is 12.1 Å². The van der Waals surface area contributed by atoms with E-state index in [9.17, 15) is 16.8 Å². The largest absolute Gasteiger partial charge is 0.245 e. The van der Waals surface area contributed by atoms with Crippen LogP contribution >= 0.6 is 0 Å². The van der Waals surface area contributed by atoms with Crippen LogP contribution in [0.1, 0.15) is 10.8 Å². The van der Waals surface area contributed by atoms with E-state index >= 15 is 0 Å². The Balaban J connectivity index is 2.19. The van der Waals surface area contributed by atoms with Gasteiger partial charge in [0.25, 0.3) is 0 Å². The molecule has 1 aliphatic rings. The lowest BCUT2D eigenvalue weighted by Crippen LogP contribution is -2.16. The van der Waals surface area contributed by atoms with Crippen LogP contribution in [0.15, 0.2) is 52.8 Å². The van der Waals surface area contributed by atoms with Gasteiger partial charge in [-0.2, -0.15) is 0 Å². The molecule has 1 unspecified atom stereocenters. The number of hydrogen-bond acceptors (Lipinski definition) is 6. The quantitative estimate of drug-likeness (QED) is 0.813. The van der Waals surface area contributed by atoms with Crippen molar-refractivity contribution in [2.45, 2.75) is 15.3 Å². The zero-order valence-corrected chi connectivity index (χ0v) is 11.8. The molecule has 2 aromatic rings. The Hall–Kier alpha value is -1.80. The van der Waals surface area contributed by atoms with Gasteiger partial charge in [-0.3, -0.25) is 0 Å². The summed E-state index contributed by atoms with van der Waals surface area (Å²) >= 11 is 0. The van der Waals surface area contributed by atoms with Gasteiger partial charge in [-0.1, -0.05) is 12.1 Å². The number of fused-ring (bicyclic) bond motifs is 1. The first-order chi connectivity index (χ1) is 9.43. The van der Waals surface area contributed by atoms with Crippen LogP contribution in [0.25, 0.3) is 0 Å². The van der Waals surface area contributed by atoms with Gasteiger partial charge in [0.05, 0.1) is 5.75 Å². The second-order valence-corrected chi connectivity index (χ2v) is 8.41. The van der Waals surface area contributed by atoms with E-state index in [1.807, 2.05) is 0 Å². The zero-order chi connectivity index (χ0) is 14.4. The van der Waals surface area contributed by atoms with E-state index in [-0.39, 0.29) is 15.6 Å². The van der Waals surface area contributed by atoms with Crippen LogP contribution in [-0.4, -0.2) is 32.6 Å². The molecular formula is C12H10N2O4S2. The normalized spacial score (nSPS) is 20.5. The Morgan fingerprint density at radius 3 is 2.50 bits per heavy atom. The highest BCUT2D eigenvalue weighted by Crippen LogP contribution is 2.39. The van der Waals surface area contributed by atoms with Crippen molar-refractivity contribution >= 4 is 19.7 Å². The molecule has 3 rings (SSSR count). The van der Waals surface area contributed by atoms with Gasteiger partial charge in [-0.25, -0.2) is 26.8 Å². The molecule has 8 heteroatoms. The predicted octanol–water partition coefficient (Wildman–Crippen LogP) is 0.779. The molecule has 0 aromatic carbocycles. The van der Waals surface area contributed by atoms with Gasteiger partial charge in [0, 0.05) is 18.0 Å². The molecule has 104 valence electrons. The van der Waals surface area contributed by atoms with Gasteiger partial charge in [0.1, 0.15) is 5.25 Å². The SMILES string of the molecule is O=S1(=O)CC(S(=O)(=O)c2ccccn2)c2cccnc21. The first-order valence-electron chi connectivity index (χ1n) is 5.75.